The summed E-state index contributed by atoms with van der Waals surface area (Å²) < 4.78 is 1.93. The third kappa shape index (κ3) is 4.25. The largest absolute Gasteiger partial charge is 0.354 e. The number of para-hydroxylation sites is 1. The SMILES string of the molecule is CC[C@H](C(=O)NCCCc1ccccn1)n1cc(C(C)=O)c2ccccc21. The van der Waals surface area contributed by atoms with E-state index in [-0.39, 0.29) is 17.7 Å². The zero-order valence-electron chi connectivity index (χ0n) is 15.8. The van der Waals surface area contributed by atoms with Crippen LogP contribution in [0.4, 0.5) is 0 Å². The molecular weight excluding hydrogens is 338 g/mol. The molecule has 1 amide bonds. The molecule has 1 aromatic carbocycles. The van der Waals surface area contributed by atoms with Crippen LogP contribution < -0.4 is 5.32 Å². The van der Waals surface area contributed by atoms with Gasteiger partial charge in [-0.3, -0.25) is 14.6 Å². The molecule has 0 saturated carbocycles. The minimum atomic E-state index is -0.335. The van der Waals surface area contributed by atoms with Gasteiger partial charge in [-0.25, -0.2) is 0 Å². The fraction of sp³-hybridized carbons (Fsp3) is 0.318. The Bertz CT molecular complexity index is 931. The van der Waals surface area contributed by atoms with E-state index in [9.17, 15) is 9.59 Å². The van der Waals surface area contributed by atoms with E-state index in [0.29, 0.717) is 18.5 Å². The summed E-state index contributed by atoms with van der Waals surface area (Å²) in [4.78, 5) is 29.1. The normalized spacial score (nSPS) is 12.1. The number of aryl methyl sites for hydroxylation is 1. The van der Waals surface area contributed by atoms with E-state index < -0.39 is 0 Å². The molecule has 0 spiro atoms. The topological polar surface area (TPSA) is 64.0 Å². The molecule has 0 bridgehead atoms. The van der Waals surface area contributed by atoms with Crippen LogP contribution in [-0.4, -0.2) is 27.8 Å². The Balaban J connectivity index is 1.70. The predicted octanol–water partition coefficient (Wildman–Crippen LogP) is 3.94. The van der Waals surface area contributed by atoms with Crippen LogP contribution in [0.25, 0.3) is 10.9 Å². The molecule has 0 radical (unpaired) electrons. The maximum Gasteiger partial charge on any atom is 0.243 e. The highest BCUT2D eigenvalue weighted by atomic mass is 16.2. The van der Waals surface area contributed by atoms with Crippen LogP contribution in [0.2, 0.25) is 0 Å². The number of Topliss-reactive ketones (excluding diaryl/α,β-unsaturated/α-hetero) is 1. The molecule has 3 aromatic rings. The molecule has 0 saturated heterocycles. The molecule has 2 aromatic heterocycles. The van der Waals surface area contributed by atoms with Gasteiger partial charge >= 0.3 is 0 Å². The summed E-state index contributed by atoms with van der Waals surface area (Å²) in [7, 11) is 0. The lowest BCUT2D eigenvalue weighted by atomic mass is 10.1. The lowest BCUT2D eigenvalue weighted by Gasteiger charge is -2.18. The Morgan fingerprint density at radius 2 is 1.93 bits per heavy atom. The number of pyridine rings is 1. The van der Waals surface area contributed by atoms with Crippen LogP contribution in [0.3, 0.4) is 0 Å². The van der Waals surface area contributed by atoms with E-state index in [1.54, 1.807) is 13.1 Å². The maximum absolute atomic E-state index is 12.8. The number of hydrogen-bond acceptors (Lipinski definition) is 3. The summed E-state index contributed by atoms with van der Waals surface area (Å²) in [5.41, 5.74) is 2.60. The Labute approximate surface area is 159 Å². The van der Waals surface area contributed by atoms with Gasteiger partial charge in [0.2, 0.25) is 5.91 Å². The predicted molar refractivity (Wildman–Crippen MR) is 107 cm³/mol. The second kappa shape index (κ2) is 8.62. The monoisotopic (exact) mass is 363 g/mol. The van der Waals surface area contributed by atoms with Crippen molar-refractivity contribution in [2.24, 2.45) is 0 Å². The highest BCUT2D eigenvalue weighted by molar-refractivity contribution is 6.07. The molecule has 0 unspecified atom stereocenters. The van der Waals surface area contributed by atoms with Crippen LogP contribution in [0.1, 0.15) is 48.8 Å². The number of aromatic nitrogens is 2. The summed E-state index contributed by atoms with van der Waals surface area (Å²) in [5, 5.41) is 3.93. The highest BCUT2D eigenvalue weighted by Gasteiger charge is 2.22. The summed E-state index contributed by atoms with van der Waals surface area (Å²) in [6.45, 7) is 4.15. The molecule has 5 nitrogen and oxygen atoms in total. The van der Waals surface area contributed by atoms with Crippen molar-refractivity contribution < 1.29 is 9.59 Å². The molecule has 1 atom stereocenters. The first-order valence-electron chi connectivity index (χ1n) is 9.40. The van der Waals surface area contributed by atoms with Crippen LogP contribution in [0.15, 0.2) is 54.9 Å². The van der Waals surface area contributed by atoms with Gasteiger partial charge in [0, 0.05) is 41.1 Å². The Morgan fingerprint density at radius 1 is 1.15 bits per heavy atom. The molecule has 0 aliphatic carbocycles. The minimum Gasteiger partial charge on any atom is -0.354 e. The smallest absolute Gasteiger partial charge is 0.243 e. The fourth-order valence-corrected chi connectivity index (χ4v) is 3.40. The number of rotatable bonds is 8. The quantitative estimate of drug-likeness (QED) is 0.487. The molecule has 0 aliphatic heterocycles. The van der Waals surface area contributed by atoms with E-state index in [4.69, 9.17) is 0 Å². The van der Waals surface area contributed by atoms with Crippen molar-refractivity contribution in [2.45, 2.75) is 39.2 Å². The Kier molecular flexibility index (Phi) is 6.01. The van der Waals surface area contributed by atoms with Gasteiger partial charge in [0.15, 0.2) is 5.78 Å². The van der Waals surface area contributed by atoms with E-state index in [1.807, 2.05) is 60.2 Å². The number of carbonyl (C=O) groups excluding carboxylic acids is 2. The van der Waals surface area contributed by atoms with Gasteiger partial charge in [0.1, 0.15) is 6.04 Å². The van der Waals surface area contributed by atoms with Gasteiger partial charge in [0.25, 0.3) is 0 Å². The summed E-state index contributed by atoms with van der Waals surface area (Å²) >= 11 is 0. The second-order valence-corrected chi connectivity index (χ2v) is 6.66. The van der Waals surface area contributed by atoms with Crippen LogP contribution in [-0.2, 0) is 11.2 Å². The van der Waals surface area contributed by atoms with E-state index >= 15 is 0 Å². The standard InChI is InChI=1S/C22H25N3O2/c1-3-20(22(27)24-14-8-10-17-9-6-7-13-23-17)25-15-19(16(2)26)18-11-4-5-12-21(18)25/h4-7,9,11-13,15,20H,3,8,10,14H2,1-2H3,(H,24,27)/t20-/m1/s1. The molecule has 3 rings (SSSR count). The van der Waals surface area contributed by atoms with Gasteiger partial charge < -0.3 is 9.88 Å². The lowest BCUT2D eigenvalue weighted by Crippen LogP contribution is -2.33. The number of amides is 1. The average Bonchev–Trinajstić information content (AvgIpc) is 3.07. The van der Waals surface area contributed by atoms with Gasteiger partial charge in [-0.2, -0.15) is 0 Å². The molecular formula is C22H25N3O2. The van der Waals surface area contributed by atoms with Crippen molar-refractivity contribution in [2.75, 3.05) is 6.54 Å². The first-order chi connectivity index (χ1) is 13.1. The van der Waals surface area contributed by atoms with Crippen molar-refractivity contribution in [1.29, 1.82) is 0 Å². The minimum absolute atomic E-state index is 0.00979. The Hall–Kier alpha value is -2.95. The van der Waals surface area contributed by atoms with Gasteiger partial charge in [-0.05, 0) is 44.4 Å². The first kappa shape index (κ1) is 18.8. The molecule has 5 heteroatoms. The second-order valence-electron chi connectivity index (χ2n) is 6.66. The van der Waals surface area contributed by atoms with Gasteiger partial charge in [-0.15, -0.1) is 0 Å². The molecule has 2 heterocycles. The number of hydrogen-bond donors (Lipinski definition) is 1. The highest BCUT2D eigenvalue weighted by Crippen LogP contribution is 2.26. The zero-order valence-corrected chi connectivity index (χ0v) is 15.8. The van der Waals surface area contributed by atoms with Gasteiger partial charge in [0.05, 0.1) is 0 Å². The third-order valence-electron chi connectivity index (χ3n) is 4.78. The third-order valence-corrected chi connectivity index (χ3v) is 4.78. The lowest BCUT2D eigenvalue weighted by molar-refractivity contribution is -0.124. The average molecular weight is 363 g/mol. The van der Waals surface area contributed by atoms with Crippen molar-refractivity contribution in [3.8, 4) is 0 Å². The number of carbonyl (C=O) groups is 2. The van der Waals surface area contributed by atoms with Crippen LogP contribution >= 0.6 is 0 Å². The number of nitrogens with zero attached hydrogens (tertiary/aromatic N) is 2. The van der Waals surface area contributed by atoms with Crippen molar-refractivity contribution in [3.05, 3.63) is 66.1 Å². The molecule has 140 valence electrons. The van der Waals surface area contributed by atoms with E-state index in [2.05, 4.69) is 10.3 Å². The maximum atomic E-state index is 12.8. The molecule has 1 N–H and O–H groups in total. The van der Waals surface area contributed by atoms with Crippen molar-refractivity contribution in [1.82, 2.24) is 14.9 Å². The molecule has 0 aliphatic rings. The number of benzene rings is 1. The number of nitrogens with one attached hydrogen (secondary N) is 1. The zero-order chi connectivity index (χ0) is 19.2. The summed E-state index contributed by atoms with van der Waals surface area (Å²) in [6, 6.07) is 13.3. The molecule has 27 heavy (non-hydrogen) atoms. The number of fused-ring (bicyclic) bond motifs is 1. The van der Waals surface area contributed by atoms with E-state index in [1.165, 1.54) is 0 Å². The van der Waals surface area contributed by atoms with E-state index in [0.717, 1.165) is 29.4 Å². The molecule has 0 fully saturated rings. The first-order valence-corrected chi connectivity index (χ1v) is 9.40. The van der Waals surface area contributed by atoms with Crippen molar-refractivity contribution >= 4 is 22.6 Å². The van der Waals surface area contributed by atoms with Crippen LogP contribution in [0.5, 0.6) is 0 Å². The van der Waals surface area contributed by atoms with Crippen LogP contribution in [0, 0.1) is 0 Å². The van der Waals surface area contributed by atoms with Crippen molar-refractivity contribution in [3.63, 3.8) is 0 Å². The van der Waals surface area contributed by atoms with Gasteiger partial charge in [-0.1, -0.05) is 31.2 Å². The summed E-state index contributed by atoms with van der Waals surface area (Å²) in [5.74, 6) is -0.00931. The fourth-order valence-electron chi connectivity index (χ4n) is 3.40. The number of ketones is 1. The summed E-state index contributed by atoms with van der Waals surface area (Å²) in [6.07, 6.45) is 5.92. The Morgan fingerprint density at radius 3 is 2.63 bits per heavy atom.